The molecule has 0 aliphatic carbocycles. The van der Waals surface area contributed by atoms with E-state index in [1.54, 1.807) is 23.6 Å². The van der Waals surface area contributed by atoms with Gasteiger partial charge in [0, 0.05) is 6.26 Å². The van der Waals surface area contributed by atoms with Gasteiger partial charge in [-0.25, -0.2) is 17.9 Å². The van der Waals surface area contributed by atoms with Gasteiger partial charge < -0.3 is 4.74 Å². The average Bonchev–Trinajstić information content (AvgIpc) is 2.74. The fraction of sp³-hybridized carbons (Fsp3) is 0.500. The first-order valence-corrected chi connectivity index (χ1v) is 9.49. The van der Waals surface area contributed by atoms with Gasteiger partial charge in [-0.15, -0.1) is 0 Å². The molecule has 0 fully saturated rings. The fourth-order valence-electron chi connectivity index (χ4n) is 2.24. The summed E-state index contributed by atoms with van der Waals surface area (Å²) in [4.78, 5) is 12.6. The number of rotatable bonds is 5. The lowest BCUT2D eigenvalue weighted by Crippen LogP contribution is -2.36. The second-order valence-corrected chi connectivity index (χ2v) is 8.68. The number of hydrogen-bond acceptors (Lipinski definition) is 5. The van der Waals surface area contributed by atoms with E-state index in [0.29, 0.717) is 18.1 Å². The molecule has 0 amide bonds. The lowest BCUT2D eigenvalue weighted by molar-refractivity contribution is 0.290. The predicted molar refractivity (Wildman–Crippen MR) is 91.3 cm³/mol. The number of benzene rings is 1. The Morgan fingerprint density at radius 1 is 1.25 bits per heavy atom. The van der Waals surface area contributed by atoms with Crippen LogP contribution >= 0.6 is 0 Å². The van der Waals surface area contributed by atoms with Crippen LogP contribution in [0, 0.1) is 6.92 Å². The quantitative estimate of drug-likeness (QED) is 0.815. The smallest absolute Gasteiger partial charge is 0.346 e. The number of aryl methyl sites for hydroxylation is 1. The molecule has 0 unspecified atom stereocenters. The molecule has 0 bridgehead atoms. The summed E-state index contributed by atoms with van der Waals surface area (Å²) in [5.41, 5.74) is -0.578. The maximum Gasteiger partial charge on any atom is 0.346 e. The lowest BCUT2D eigenvalue weighted by atomic mass is 10.1. The summed E-state index contributed by atoms with van der Waals surface area (Å²) in [7, 11) is -3.28. The van der Waals surface area contributed by atoms with Gasteiger partial charge in [-0.05, 0) is 45.9 Å². The molecule has 0 atom stereocenters. The Bertz CT molecular complexity index is 889. The van der Waals surface area contributed by atoms with Crippen LogP contribution < -0.4 is 10.4 Å². The Balaban J connectivity index is 2.11. The van der Waals surface area contributed by atoms with E-state index in [1.165, 1.54) is 16.8 Å². The van der Waals surface area contributed by atoms with Crippen molar-refractivity contribution in [1.82, 2.24) is 14.3 Å². The highest BCUT2D eigenvalue weighted by Crippen LogP contribution is 2.17. The van der Waals surface area contributed by atoms with E-state index in [9.17, 15) is 13.2 Å². The summed E-state index contributed by atoms with van der Waals surface area (Å²) in [6, 6.07) is 6.30. The lowest BCUT2D eigenvalue weighted by Gasteiger charge is -2.16. The summed E-state index contributed by atoms with van der Waals surface area (Å²) in [6.45, 7) is 8.09. The number of nitrogens with zero attached hydrogens (tertiary/aromatic N) is 3. The summed E-state index contributed by atoms with van der Waals surface area (Å²) in [5.74, 6) is 1.07. The number of sulfone groups is 1. The van der Waals surface area contributed by atoms with E-state index in [-0.39, 0.29) is 17.2 Å². The Labute approximate surface area is 141 Å². The first kappa shape index (κ1) is 18.3. The second kappa shape index (κ2) is 6.43. The van der Waals surface area contributed by atoms with Gasteiger partial charge in [0.2, 0.25) is 0 Å². The molecular formula is C16H23N3O4S. The van der Waals surface area contributed by atoms with Crippen LogP contribution in [0.3, 0.4) is 0 Å². The molecule has 132 valence electrons. The third-order valence-corrected chi connectivity index (χ3v) is 4.61. The first-order chi connectivity index (χ1) is 11.0. The maximum atomic E-state index is 12.4. The highest BCUT2D eigenvalue weighted by Gasteiger charge is 2.20. The number of hydrogen-bond donors (Lipinski definition) is 0. The van der Waals surface area contributed by atoms with Crippen molar-refractivity contribution in [2.75, 3.05) is 12.9 Å². The minimum Gasteiger partial charge on any atom is -0.492 e. The van der Waals surface area contributed by atoms with Gasteiger partial charge in [0.1, 0.15) is 18.2 Å². The molecule has 1 aromatic heterocycles. The summed E-state index contributed by atoms with van der Waals surface area (Å²) >= 11 is 0. The van der Waals surface area contributed by atoms with Gasteiger partial charge in [0.25, 0.3) is 0 Å². The minimum absolute atomic E-state index is 0.187. The summed E-state index contributed by atoms with van der Waals surface area (Å²) in [5, 5.41) is 4.29. The van der Waals surface area contributed by atoms with Crippen molar-refractivity contribution < 1.29 is 13.2 Å². The molecule has 0 aliphatic rings. The van der Waals surface area contributed by atoms with Crippen molar-refractivity contribution in [1.29, 1.82) is 0 Å². The van der Waals surface area contributed by atoms with Crippen LogP contribution in [-0.4, -0.2) is 35.6 Å². The normalized spacial score (nSPS) is 12.4. The molecule has 8 heteroatoms. The Morgan fingerprint density at radius 2 is 1.92 bits per heavy atom. The van der Waals surface area contributed by atoms with Crippen LogP contribution in [0.15, 0.2) is 34.0 Å². The summed E-state index contributed by atoms with van der Waals surface area (Å²) < 4.78 is 31.7. The molecule has 0 aliphatic heterocycles. The van der Waals surface area contributed by atoms with Crippen LogP contribution in [0.4, 0.5) is 0 Å². The molecule has 7 nitrogen and oxygen atoms in total. The molecular weight excluding hydrogens is 330 g/mol. The third kappa shape index (κ3) is 4.05. The highest BCUT2D eigenvalue weighted by molar-refractivity contribution is 7.90. The molecule has 24 heavy (non-hydrogen) atoms. The fourth-order valence-corrected chi connectivity index (χ4v) is 2.89. The summed E-state index contributed by atoms with van der Waals surface area (Å²) in [6.07, 6.45) is 1.15. The van der Waals surface area contributed by atoms with Crippen molar-refractivity contribution in [3.8, 4) is 5.75 Å². The number of aromatic nitrogens is 3. The molecule has 2 aromatic rings. The number of ether oxygens (including phenoxy) is 1. The monoisotopic (exact) mass is 353 g/mol. The van der Waals surface area contributed by atoms with E-state index in [0.717, 1.165) is 6.26 Å². The van der Waals surface area contributed by atoms with Crippen LogP contribution in [-0.2, 0) is 21.9 Å². The highest BCUT2D eigenvalue weighted by atomic mass is 32.2. The van der Waals surface area contributed by atoms with E-state index in [2.05, 4.69) is 5.10 Å². The molecule has 1 aromatic carbocycles. The van der Waals surface area contributed by atoms with E-state index < -0.39 is 15.4 Å². The molecule has 0 radical (unpaired) electrons. The van der Waals surface area contributed by atoms with E-state index in [1.807, 2.05) is 20.8 Å². The van der Waals surface area contributed by atoms with Gasteiger partial charge in [0.15, 0.2) is 9.84 Å². The van der Waals surface area contributed by atoms with Crippen molar-refractivity contribution >= 4 is 9.84 Å². The molecule has 2 rings (SSSR count). The zero-order chi connectivity index (χ0) is 18.1. The third-order valence-electron chi connectivity index (χ3n) is 3.50. The minimum atomic E-state index is -3.28. The van der Waals surface area contributed by atoms with Crippen molar-refractivity contribution in [2.24, 2.45) is 0 Å². The molecule has 0 saturated heterocycles. The van der Waals surface area contributed by atoms with Crippen LogP contribution in [0.5, 0.6) is 5.75 Å². The zero-order valence-electron chi connectivity index (χ0n) is 14.6. The van der Waals surface area contributed by atoms with Gasteiger partial charge in [-0.1, -0.05) is 6.07 Å². The first-order valence-electron chi connectivity index (χ1n) is 7.60. The Morgan fingerprint density at radius 3 is 2.46 bits per heavy atom. The average molecular weight is 353 g/mol. The topological polar surface area (TPSA) is 83.2 Å². The van der Waals surface area contributed by atoms with E-state index >= 15 is 0 Å². The SMILES string of the molecule is Cc1nn(C(C)(C)C)c(=O)n1CCOc1cccc(S(C)(=O)=O)c1. The molecule has 0 N–H and O–H groups in total. The van der Waals surface area contributed by atoms with Gasteiger partial charge in [-0.3, -0.25) is 4.57 Å². The zero-order valence-corrected chi connectivity index (χ0v) is 15.4. The van der Waals surface area contributed by atoms with Crippen LogP contribution in [0.25, 0.3) is 0 Å². The maximum absolute atomic E-state index is 12.4. The van der Waals surface area contributed by atoms with Gasteiger partial charge in [-0.2, -0.15) is 5.10 Å². The van der Waals surface area contributed by atoms with Crippen molar-refractivity contribution in [3.05, 3.63) is 40.6 Å². The van der Waals surface area contributed by atoms with Crippen LogP contribution in [0.2, 0.25) is 0 Å². The standard InChI is InChI=1S/C16H23N3O4S/c1-12-17-19(16(2,3)4)15(20)18(12)9-10-23-13-7-6-8-14(11-13)24(5,21)22/h6-8,11H,9-10H2,1-5H3. The molecule has 1 heterocycles. The second-order valence-electron chi connectivity index (χ2n) is 6.66. The Hall–Kier alpha value is -2.09. The Kier molecular flexibility index (Phi) is 4.89. The van der Waals surface area contributed by atoms with Gasteiger partial charge in [0.05, 0.1) is 17.0 Å². The predicted octanol–water partition coefficient (Wildman–Crippen LogP) is 1.59. The molecule has 0 spiro atoms. The van der Waals surface area contributed by atoms with Gasteiger partial charge >= 0.3 is 5.69 Å². The molecule has 0 saturated carbocycles. The van der Waals surface area contributed by atoms with Crippen LogP contribution in [0.1, 0.15) is 26.6 Å². The van der Waals surface area contributed by atoms with Crippen molar-refractivity contribution in [3.63, 3.8) is 0 Å². The van der Waals surface area contributed by atoms with Crippen molar-refractivity contribution in [2.45, 2.75) is 44.7 Å². The van der Waals surface area contributed by atoms with E-state index in [4.69, 9.17) is 4.74 Å². The largest absolute Gasteiger partial charge is 0.492 e.